The molecule has 0 spiro atoms. The maximum absolute atomic E-state index is 12.2. The van der Waals surface area contributed by atoms with E-state index in [4.69, 9.17) is 31.4 Å². The highest BCUT2D eigenvalue weighted by Gasteiger charge is 2.28. The summed E-state index contributed by atoms with van der Waals surface area (Å²) in [6.07, 6.45) is -2.46. The number of halogens is 3. The van der Waals surface area contributed by atoms with Crippen molar-refractivity contribution in [3.8, 4) is 11.5 Å². The fourth-order valence-electron chi connectivity index (χ4n) is 3.19. The zero-order chi connectivity index (χ0) is 28.0. The molecule has 7 N–H and O–H groups in total. The number of hydrogen-bond donors (Lipinski definition) is 4. The van der Waals surface area contributed by atoms with Crippen molar-refractivity contribution in [2.45, 2.75) is 44.8 Å². The number of carbonyl (C=O) groups is 1. The van der Waals surface area contributed by atoms with Gasteiger partial charge in [0.1, 0.15) is 23.7 Å². The zero-order valence-corrected chi connectivity index (χ0v) is 21.1. The first-order valence-corrected chi connectivity index (χ1v) is 11.9. The summed E-state index contributed by atoms with van der Waals surface area (Å²) in [5, 5.41) is 2.34. The molecule has 1 atom stereocenters. The number of alkyl halides is 3. The molecule has 0 radical (unpaired) electrons. The number of anilines is 1. The van der Waals surface area contributed by atoms with Crippen LogP contribution in [0.15, 0.2) is 47.5 Å². The molecular weight excluding hydrogens is 507 g/mol. The Morgan fingerprint density at radius 1 is 1.05 bits per heavy atom. The van der Waals surface area contributed by atoms with Gasteiger partial charge in [-0.05, 0) is 55.5 Å². The molecule has 13 heteroatoms. The monoisotopic (exact) mass is 541 g/mol. The Morgan fingerprint density at radius 2 is 1.76 bits per heavy atom. The number of nitrogens with zero attached hydrogens (tertiary/aromatic N) is 1. The summed E-state index contributed by atoms with van der Waals surface area (Å²) >= 11 is 0. The van der Waals surface area contributed by atoms with Crippen LogP contribution < -0.4 is 32.0 Å². The SMILES string of the molecule is COC(=O)c1ccc(N)cc1OCCCCCCOc1cccc(CN=C(N)NC(N)OCC(F)(F)F)c1. The molecule has 210 valence electrons. The van der Waals surface area contributed by atoms with Crippen LogP contribution >= 0.6 is 0 Å². The van der Waals surface area contributed by atoms with Gasteiger partial charge in [-0.3, -0.25) is 5.73 Å². The third-order valence-electron chi connectivity index (χ3n) is 5.02. The summed E-state index contributed by atoms with van der Waals surface area (Å²) < 4.78 is 57.1. The normalized spacial score (nSPS) is 12.6. The van der Waals surface area contributed by atoms with Crippen molar-refractivity contribution in [1.82, 2.24) is 5.32 Å². The van der Waals surface area contributed by atoms with Gasteiger partial charge in [0.2, 0.25) is 0 Å². The van der Waals surface area contributed by atoms with Crippen molar-refractivity contribution >= 4 is 17.6 Å². The Kier molecular flexibility index (Phi) is 12.5. The minimum absolute atomic E-state index is 0.146. The highest BCUT2D eigenvalue weighted by molar-refractivity contribution is 5.93. The third kappa shape index (κ3) is 12.0. The lowest BCUT2D eigenvalue weighted by Gasteiger charge is -2.16. The number of benzene rings is 2. The topological polar surface area (TPSA) is 156 Å². The number of hydrogen-bond acceptors (Lipinski definition) is 8. The molecular formula is C25H34F3N5O5. The Labute approximate surface area is 219 Å². The number of nitrogens with one attached hydrogen (secondary N) is 1. The Hall–Kier alpha value is -3.71. The van der Waals surface area contributed by atoms with E-state index in [9.17, 15) is 18.0 Å². The number of methoxy groups -OCH3 is 1. The predicted octanol–water partition coefficient (Wildman–Crippen LogP) is 3.30. The molecule has 38 heavy (non-hydrogen) atoms. The summed E-state index contributed by atoms with van der Waals surface area (Å²) in [5.74, 6) is 0.438. The Bertz CT molecular complexity index is 1050. The number of guanidine groups is 1. The van der Waals surface area contributed by atoms with Gasteiger partial charge >= 0.3 is 12.1 Å². The second-order valence-corrected chi connectivity index (χ2v) is 8.20. The molecule has 2 aromatic rings. The van der Waals surface area contributed by atoms with Crippen LogP contribution in [0.5, 0.6) is 11.5 Å². The largest absolute Gasteiger partial charge is 0.494 e. The Balaban J connectivity index is 1.65. The Morgan fingerprint density at radius 3 is 2.45 bits per heavy atom. The summed E-state index contributed by atoms with van der Waals surface area (Å²) in [7, 11) is 1.31. The molecule has 0 aliphatic rings. The number of nitrogens with two attached hydrogens (primary N) is 3. The van der Waals surface area contributed by atoms with Gasteiger partial charge in [-0.2, -0.15) is 13.2 Å². The van der Waals surface area contributed by atoms with Crippen LogP contribution in [0, 0.1) is 0 Å². The van der Waals surface area contributed by atoms with Gasteiger partial charge in [0.05, 0.1) is 26.9 Å². The van der Waals surface area contributed by atoms with Gasteiger partial charge in [-0.15, -0.1) is 0 Å². The molecule has 1 unspecified atom stereocenters. The van der Waals surface area contributed by atoms with Crippen LogP contribution in [-0.2, 0) is 16.0 Å². The van der Waals surface area contributed by atoms with Gasteiger partial charge < -0.3 is 35.7 Å². The van der Waals surface area contributed by atoms with Gasteiger partial charge in [-0.1, -0.05) is 12.1 Å². The second-order valence-electron chi connectivity index (χ2n) is 8.20. The quantitative estimate of drug-likeness (QED) is 0.0663. The minimum atomic E-state index is -4.49. The lowest BCUT2D eigenvalue weighted by atomic mass is 10.1. The summed E-state index contributed by atoms with van der Waals surface area (Å²) in [5.41, 5.74) is 18.4. The van der Waals surface area contributed by atoms with E-state index in [-0.39, 0.29) is 12.5 Å². The number of carbonyl (C=O) groups excluding carboxylic acids is 1. The highest BCUT2D eigenvalue weighted by atomic mass is 19.4. The highest BCUT2D eigenvalue weighted by Crippen LogP contribution is 2.23. The molecule has 10 nitrogen and oxygen atoms in total. The third-order valence-corrected chi connectivity index (χ3v) is 5.02. The van der Waals surface area contributed by atoms with Crippen LogP contribution in [0.4, 0.5) is 18.9 Å². The predicted molar refractivity (Wildman–Crippen MR) is 137 cm³/mol. The van der Waals surface area contributed by atoms with Crippen molar-refractivity contribution in [3.05, 3.63) is 53.6 Å². The molecule has 2 rings (SSSR count). The average molecular weight is 542 g/mol. The zero-order valence-electron chi connectivity index (χ0n) is 21.1. The number of nitrogen functional groups attached to an aromatic ring is 1. The van der Waals surface area contributed by atoms with E-state index in [2.05, 4.69) is 15.0 Å². The van der Waals surface area contributed by atoms with Gasteiger partial charge in [-0.25, -0.2) is 9.79 Å². The van der Waals surface area contributed by atoms with Crippen molar-refractivity contribution in [2.75, 3.05) is 32.7 Å². The van der Waals surface area contributed by atoms with Crippen LogP contribution in [0.25, 0.3) is 0 Å². The molecule has 0 saturated heterocycles. The van der Waals surface area contributed by atoms with E-state index in [0.29, 0.717) is 36.0 Å². The summed E-state index contributed by atoms with van der Waals surface area (Å²) in [4.78, 5) is 15.9. The maximum atomic E-state index is 12.2. The molecule has 0 bridgehead atoms. The molecule has 0 aromatic heterocycles. The second kappa shape index (κ2) is 15.5. The van der Waals surface area contributed by atoms with Crippen molar-refractivity contribution in [1.29, 1.82) is 0 Å². The lowest BCUT2D eigenvalue weighted by Crippen LogP contribution is -2.48. The first kappa shape index (κ1) is 30.5. The van der Waals surface area contributed by atoms with Gasteiger partial charge in [0.15, 0.2) is 12.3 Å². The van der Waals surface area contributed by atoms with E-state index < -0.39 is 25.1 Å². The molecule has 0 saturated carbocycles. The molecule has 0 aliphatic heterocycles. The van der Waals surface area contributed by atoms with E-state index >= 15 is 0 Å². The van der Waals surface area contributed by atoms with Crippen LogP contribution in [0.3, 0.4) is 0 Å². The van der Waals surface area contributed by atoms with Crippen molar-refractivity contribution < 1.29 is 36.9 Å². The molecule has 0 amide bonds. The van der Waals surface area contributed by atoms with Crippen LogP contribution in [0.2, 0.25) is 0 Å². The summed E-state index contributed by atoms with van der Waals surface area (Å²) in [6, 6.07) is 12.0. The number of aliphatic imine (C=N–C) groups is 1. The van der Waals surface area contributed by atoms with E-state index in [1.807, 2.05) is 12.1 Å². The maximum Gasteiger partial charge on any atom is 0.411 e. The van der Waals surface area contributed by atoms with E-state index in [0.717, 1.165) is 31.2 Å². The molecule has 0 aliphatic carbocycles. The number of unbranched alkanes of at least 4 members (excludes halogenated alkanes) is 3. The van der Waals surface area contributed by atoms with Crippen molar-refractivity contribution in [2.24, 2.45) is 16.5 Å². The van der Waals surface area contributed by atoms with E-state index in [1.165, 1.54) is 7.11 Å². The standard InChI is InChI=1S/C25H34F3N5O5/c1-35-22(34)20-10-9-18(29)14-21(20)37-12-5-3-2-4-11-36-19-8-6-7-17(13-19)15-32-23(30)33-24(31)38-16-25(26,27)28/h6-10,13-14,24H,2-5,11-12,15-16,29,31H2,1H3,(H3,30,32,33). The molecule has 0 fully saturated rings. The average Bonchev–Trinajstić information content (AvgIpc) is 2.87. The number of ether oxygens (including phenoxy) is 4. The van der Waals surface area contributed by atoms with Gasteiger partial charge in [0, 0.05) is 11.8 Å². The molecule has 2 aromatic carbocycles. The number of rotatable bonds is 15. The minimum Gasteiger partial charge on any atom is -0.494 e. The summed E-state index contributed by atoms with van der Waals surface area (Å²) in [6.45, 7) is -0.367. The van der Waals surface area contributed by atoms with Gasteiger partial charge in [0.25, 0.3) is 0 Å². The lowest BCUT2D eigenvalue weighted by molar-refractivity contribution is -0.186. The molecule has 0 heterocycles. The van der Waals surface area contributed by atoms with Crippen LogP contribution in [-0.4, -0.2) is 51.4 Å². The van der Waals surface area contributed by atoms with Crippen LogP contribution in [0.1, 0.15) is 41.6 Å². The first-order valence-electron chi connectivity index (χ1n) is 11.9. The fraction of sp³-hybridized carbons (Fsp3) is 0.440. The van der Waals surface area contributed by atoms with Crippen molar-refractivity contribution in [3.63, 3.8) is 0 Å². The fourth-order valence-corrected chi connectivity index (χ4v) is 3.19. The number of esters is 1. The first-order chi connectivity index (χ1) is 18.1. The van der Waals surface area contributed by atoms with E-state index in [1.54, 1.807) is 30.3 Å². The smallest absolute Gasteiger partial charge is 0.411 e.